The van der Waals surface area contributed by atoms with Crippen molar-refractivity contribution in [3.63, 3.8) is 0 Å². The molecule has 0 saturated heterocycles. The van der Waals surface area contributed by atoms with Crippen molar-refractivity contribution in [1.29, 1.82) is 0 Å². The third-order valence-electron chi connectivity index (χ3n) is 2.88. The first-order valence-electron chi connectivity index (χ1n) is 6.29. The first kappa shape index (κ1) is 21.1. The molecule has 0 saturated carbocycles. The molecule has 0 aliphatic heterocycles. The highest BCUT2D eigenvalue weighted by Crippen LogP contribution is 2.15. The summed E-state index contributed by atoms with van der Waals surface area (Å²) in [6.07, 6.45) is 1.60. The number of sulfone groups is 1. The van der Waals surface area contributed by atoms with Gasteiger partial charge in [-0.2, -0.15) is 0 Å². The highest BCUT2D eigenvalue weighted by molar-refractivity contribution is 7.90. The molecule has 1 aromatic heterocycles. The van der Waals surface area contributed by atoms with Gasteiger partial charge in [-0.3, -0.25) is 4.98 Å². The number of hydrogen-bond acceptors (Lipinski definition) is 5. The van der Waals surface area contributed by atoms with E-state index in [4.69, 9.17) is 10.5 Å². The highest BCUT2D eigenvalue weighted by atomic mass is 35.5. The molecule has 0 fully saturated rings. The van der Waals surface area contributed by atoms with Crippen LogP contribution in [0.15, 0.2) is 36.5 Å². The van der Waals surface area contributed by atoms with E-state index in [1.807, 2.05) is 30.3 Å². The third kappa shape index (κ3) is 6.06. The summed E-state index contributed by atoms with van der Waals surface area (Å²) < 4.78 is 29.0. The highest BCUT2D eigenvalue weighted by Gasteiger charge is 2.17. The lowest BCUT2D eigenvalue weighted by molar-refractivity contribution is 0.186. The van der Waals surface area contributed by atoms with E-state index in [1.54, 1.807) is 6.20 Å². The van der Waals surface area contributed by atoms with E-state index in [9.17, 15) is 8.42 Å². The van der Waals surface area contributed by atoms with Crippen LogP contribution >= 0.6 is 24.8 Å². The molecule has 2 aromatic rings. The molecule has 1 atom stereocenters. The van der Waals surface area contributed by atoms with Crippen LogP contribution in [0.5, 0.6) is 0 Å². The van der Waals surface area contributed by atoms with Gasteiger partial charge in [0, 0.05) is 24.7 Å². The number of rotatable bonds is 6. The first-order valence-corrected chi connectivity index (χ1v) is 8.11. The molecule has 0 bridgehead atoms. The van der Waals surface area contributed by atoms with E-state index in [1.165, 1.54) is 7.11 Å². The number of halogens is 2. The minimum absolute atomic E-state index is 0. The molecule has 1 aromatic carbocycles. The summed E-state index contributed by atoms with van der Waals surface area (Å²) >= 11 is 0. The summed E-state index contributed by atoms with van der Waals surface area (Å²) in [5, 5.41) is 0.932. The Kier molecular flexibility index (Phi) is 8.88. The maximum absolute atomic E-state index is 12.1. The number of hydrogen-bond donors (Lipinski definition) is 1. The van der Waals surface area contributed by atoms with Gasteiger partial charge in [0.15, 0.2) is 9.84 Å². The third-order valence-corrected chi connectivity index (χ3v) is 4.59. The fraction of sp³-hybridized carbons (Fsp3) is 0.357. The van der Waals surface area contributed by atoms with Crippen molar-refractivity contribution >= 4 is 45.6 Å². The fourth-order valence-corrected chi connectivity index (χ4v) is 3.63. The molecule has 2 rings (SSSR count). The Morgan fingerprint density at radius 1 is 1.27 bits per heavy atom. The summed E-state index contributed by atoms with van der Waals surface area (Å²) in [6.45, 7) is 0.231. The second kappa shape index (κ2) is 9.27. The number of para-hydroxylation sites is 1. The molecule has 0 aliphatic rings. The van der Waals surface area contributed by atoms with Crippen LogP contribution in [-0.4, -0.2) is 38.9 Å². The Morgan fingerprint density at radius 3 is 2.64 bits per heavy atom. The summed E-state index contributed by atoms with van der Waals surface area (Å²) in [4.78, 5) is 4.26. The number of nitrogens with zero attached hydrogens (tertiary/aromatic N) is 1. The fourth-order valence-electron chi connectivity index (χ4n) is 2.10. The Morgan fingerprint density at radius 2 is 1.95 bits per heavy atom. The van der Waals surface area contributed by atoms with Gasteiger partial charge >= 0.3 is 0 Å². The number of aromatic nitrogens is 1. The normalized spacial score (nSPS) is 12.3. The molecule has 2 N–H and O–H groups in total. The molecular weight excluding hydrogens is 347 g/mol. The summed E-state index contributed by atoms with van der Waals surface area (Å²) in [6, 6.07) is 8.95. The molecule has 8 heteroatoms. The summed E-state index contributed by atoms with van der Waals surface area (Å²) in [5.74, 6) is -0.143. The van der Waals surface area contributed by atoms with Crippen LogP contribution in [0.2, 0.25) is 0 Å². The zero-order chi connectivity index (χ0) is 14.6. The maximum Gasteiger partial charge on any atom is 0.156 e. The van der Waals surface area contributed by atoms with E-state index in [-0.39, 0.29) is 42.9 Å². The van der Waals surface area contributed by atoms with Crippen LogP contribution in [0.4, 0.5) is 0 Å². The second-order valence-electron chi connectivity index (χ2n) is 4.81. The van der Waals surface area contributed by atoms with E-state index in [2.05, 4.69) is 4.98 Å². The summed E-state index contributed by atoms with van der Waals surface area (Å²) in [5.41, 5.74) is 7.22. The Labute approximate surface area is 143 Å². The van der Waals surface area contributed by atoms with Gasteiger partial charge in [0.25, 0.3) is 0 Å². The van der Waals surface area contributed by atoms with E-state index in [0.29, 0.717) is 5.56 Å². The topological polar surface area (TPSA) is 82.3 Å². The summed E-state index contributed by atoms with van der Waals surface area (Å²) in [7, 11) is -1.77. The second-order valence-corrected chi connectivity index (χ2v) is 6.92. The van der Waals surface area contributed by atoms with Gasteiger partial charge in [-0.25, -0.2) is 8.42 Å². The number of fused-ring (bicyclic) bond motifs is 1. The zero-order valence-corrected chi connectivity index (χ0v) is 14.6. The Balaban J connectivity index is 0.00000220. The number of pyridine rings is 1. The lowest BCUT2D eigenvalue weighted by Gasteiger charge is -2.11. The van der Waals surface area contributed by atoms with Crippen LogP contribution in [-0.2, 0) is 20.3 Å². The van der Waals surface area contributed by atoms with Crippen molar-refractivity contribution in [1.82, 2.24) is 4.98 Å². The standard InChI is InChI=1S/C14H18N2O3S.2ClH/c1-19-8-13(15)10-20(17,18)9-11-6-12-4-2-3-5-14(12)16-7-11;;/h2-7,13H,8-10,15H2,1H3;2*1H/t13-;;/m0../s1. The number of ether oxygens (including phenoxy) is 1. The predicted molar refractivity (Wildman–Crippen MR) is 93.6 cm³/mol. The molecule has 0 aliphatic carbocycles. The van der Waals surface area contributed by atoms with Gasteiger partial charge in [0.2, 0.25) is 0 Å². The van der Waals surface area contributed by atoms with Crippen molar-refractivity contribution in [2.45, 2.75) is 11.8 Å². The van der Waals surface area contributed by atoms with Gasteiger partial charge in [0.1, 0.15) is 0 Å². The van der Waals surface area contributed by atoms with Gasteiger partial charge in [-0.05, 0) is 17.7 Å². The largest absolute Gasteiger partial charge is 0.383 e. The van der Waals surface area contributed by atoms with Gasteiger partial charge in [0.05, 0.1) is 23.6 Å². The van der Waals surface area contributed by atoms with Crippen LogP contribution in [0.1, 0.15) is 5.56 Å². The monoisotopic (exact) mass is 366 g/mol. The average Bonchev–Trinajstić information content (AvgIpc) is 2.37. The lowest BCUT2D eigenvalue weighted by atomic mass is 10.2. The number of methoxy groups -OCH3 is 1. The van der Waals surface area contributed by atoms with Crippen LogP contribution in [0.25, 0.3) is 10.9 Å². The zero-order valence-electron chi connectivity index (χ0n) is 12.1. The lowest BCUT2D eigenvalue weighted by Crippen LogP contribution is -2.34. The Hall–Kier alpha value is -0.920. The molecule has 5 nitrogen and oxygen atoms in total. The number of nitrogens with two attached hydrogens (primary N) is 1. The molecule has 0 amide bonds. The molecule has 124 valence electrons. The van der Waals surface area contributed by atoms with E-state index >= 15 is 0 Å². The quantitative estimate of drug-likeness (QED) is 0.844. The molecule has 0 spiro atoms. The van der Waals surface area contributed by atoms with Gasteiger partial charge in [-0.15, -0.1) is 24.8 Å². The van der Waals surface area contributed by atoms with Crippen molar-refractivity contribution in [3.05, 3.63) is 42.1 Å². The smallest absolute Gasteiger partial charge is 0.156 e. The molecule has 1 heterocycles. The number of benzene rings is 1. The molecule has 0 radical (unpaired) electrons. The van der Waals surface area contributed by atoms with Gasteiger partial charge < -0.3 is 10.5 Å². The molecule has 22 heavy (non-hydrogen) atoms. The van der Waals surface area contributed by atoms with Crippen LogP contribution in [0.3, 0.4) is 0 Å². The minimum Gasteiger partial charge on any atom is -0.383 e. The average molecular weight is 367 g/mol. The van der Waals surface area contributed by atoms with Gasteiger partial charge in [-0.1, -0.05) is 18.2 Å². The minimum atomic E-state index is -3.27. The van der Waals surface area contributed by atoms with E-state index in [0.717, 1.165) is 10.9 Å². The van der Waals surface area contributed by atoms with Crippen molar-refractivity contribution in [2.24, 2.45) is 5.73 Å². The molecule has 0 unspecified atom stereocenters. The maximum atomic E-state index is 12.1. The predicted octanol–water partition coefficient (Wildman–Crippen LogP) is 1.97. The van der Waals surface area contributed by atoms with Crippen molar-refractivity contribution in [2.75, 3.05) is 19.5 Å². The van der Waals surface area contributed by atoms with E-state index < -0.39 is 15.9 Å². The first-order chi connectivity index (χ1) is 9.50. The van der Waals surface area contributed by atoms with Crippen LogP contribution in [0, 0.1) is 0 Å². The Bertz CT molecular complexity index is 695. The van der Waals surface area contributed by atoms with Crippen LogP contribution < -0.4 is 5.73 Å². The SMILES string of the molecule is COC[C@H](N)CS(=O)(=O)Cc1cnc2ccccc2c1.Cl.Cl. The molecular formula is C14H20Cl2N2O3S. The van der Waals surface area contributed by atoms with Crippen molar-refractivity contribution in [3.8, 4) is 0 Å². The van der Waals surface area contributed by atoms with Crippen molar-refractivity contribution < 1.29 is 13.2 Å².